The fourth-order valence-corrected chi connectivity index (χ4v) is 9.32. The Kier molecular flexibility index (Phi) is 17.8. The number of carbonyl (C=O) groups excluding carboxylic acids is 2. The number of fused-ring (bicyclic) bond motifs is 2. The molecule has 21 heteroatoms. The first-order valence-electron chi connectivity index (χ1n) is 22.8. The maximum absolute atomic E-state index is 12.0. The van der Waals surface area contributed by atoms with E-state index in [1.165, 1.54) is 0 Å². The molecule has 4 aliphatic heterocycles. The molecular weight excluding hydrogens is 1080 g/mol. The molecule has 360 valence electrons. The summed E-state index contributed by atoms with van der Waals surface area (Å²) in [4.78, 5) is 44.0. The van der Waals surface area contributed by atoms with Crippen molar-refractivity contribution in [3.05, 3.63) is 24.9 Å². The van der Waals surface area contributed by atoms with E-state index in [4.69, 9.17) is 35.5 Å². The Morgan fingerprint density at radius 1 is 0.754 bits per heavy atom. The zero-order valence-corrected chi connectivity index (χ0v) is 44.2. The van der Waals surface area contributed by atoms with Crippen LogP contribution in [0.3, 0.4) is 0 Å². The van der Waals surface area contributed by atoms with Crippen LogP contribution in [0.5, 0.6) is 0 Å². The molecule has 0 aliphatic carbocycles. The molecule has 8 heterocycles. The maximum Gasteiger partial charge on any atom is 0.407 e. The lowest BCUT2D eigenvalue weighted by Gasteiger charge is -2.40. The van der Waals surface area contributed by atoms with E-state index in [2.05, 4.69) is 105 Å². The highest BCUT2D eigenvalue weighted by Gasteiger charge is 2.33. The number of halogens is 3. The molecular formula is C44H67ClI2N12O6. The number of hydrogen-bond acceptors (Lipinski definition) is 14. The summed E-state index contributed by atoms with van der Waals surface area (Å²) in [5.74, 6) is 0.869. The third kappa shape index (κ3) is 15.0. The predicted molar refractivity (Wildman–Crippen MR) is 267 cm³/mol. The first-order chi connectivity index (χ1) is 30.7. The zero-order valence-electron chi connectivity index (χ0n) is 39.1. The summed E-state index contributed by atoms with van der Waals surface area (Å²) in [7, 11) is 0. The van der Waals surface area contributed by atoms with Gasteiger partial charge >= 0.3 is 12.2 Å². The van der Waals surface area contributed by atoms with E-state index in [0.29, 0.717) is 23.9 Å². The van der Waals surface area contributed by atoms with E-state index in [1.807, 2.05) is 52.4 Å². The van der Waals surface area contributed by atoms with Gasteiger partial charge in [-0.05, 0) is 175 Å². The summed E-state index contributed by atoms with van der Waals surface area (Å²) in [5, 5.41) is 18.6. The smallest absolute Gasteiger partial charge is 0.407 e. The molecule has 4 fully saturated rings. The second-order valence-corrected chi connectivity index (χ2v) is 22.4. The summed E-state index contributed by atoms with van der Waals surface area (Å²) in [6.07, 6.45) is 13.1. The number of ether oxygens (including phenoxy) is 4. The molecule has 8 rings (SSSR count). The number of nitrogens with zero attached hydrogens (tertiary/aromatic N) is 9. The van der Waals surface area contributed by atoms with E-state index in [1.54, 1.807) is 10.9 Å². The van der Waals surface area contributed by atoms with Gasteiger partial charge in [0, 0.05) is 39.4 Å². The van der Waals surface area contributed by atoms with Crippen LogP contribution in [0, 0.1) is 18.2 Å². The number of piperidine rings is 2. The SMILES string of the molecule is CC1(CNC(=O)OC(C)(C)C)CCN(c2cnc3c(I)nn(C4CCCCO4)c3n2)CC1.CC1(CNC(=O)OC(C)(C)C)CCNCC1.Clc1cnc2c(I)nn(C3CCCCO3)c2n1. The third-order valence-corrected chi connectivity index (χ3v) is 13.4. The standard InChI is InChI=1S/C22H33IN6O3.C12H24N2O2.C10H10ClIN4O/c1-21(2,3)32-20(30)25-14-22(4)8-10-28(11-9-22)15-13-24-17-18(23)27-29(19(17)26-15)16-7-5-6-12-31-16;1-11(2,3)16-10(15)14-9-12(4)5-7-13-8-6-12;11-6-5-13-8-9(12)15-16(10(8)14-6)7-3-1-2-4-17-7/h13,16H,5-12,14H2,1-4H3,(H,25,30);13H,5-9H2,1-4H3,(H,14,15);5,7H,1-4H2. The largest absolute Gasteiger partial charge is 0.444 e. The minimum atomic E-state index is -0.487. The quantitative estimate of drug-likeness (QED) is 0.148. The molecule has 4 saturated heterocycles. The van der Waals surface area contributed by atoms with Crippen molar-refractivity contribution in [1.82, 2.24) is 55.4 Å². The van der Waals surface area contributed by atoms with Gasteiger partial charge in [0.05, 0.1) is 12.4 Å². The molecule has 0 radical (unpaired) electrons. The normalized spacial score (nSPS) is 21.1. The van der Waals surface area contributed by atoms with Crippen LogP contribution < -0.4 is 20.9 Å². The van der Waals surface area contributed by atoms with Gasteiger partial charge in [0.1, 0.15) is 33.2 Å². The fourth-order valence-electron chi connectivity index (χ4n) is 7.96. The van der Waals surface area contributed by atoms with Crippen molar-refractivity contribution in [2.24, 2.45) is 10.8 Å². The number of rotatable bonds is 7. The molecule has 0 spiro atoms. The van der Waals surface area contributed by atoms with Crippen molar-refractivity contribution >= 4 is 97.1 Å². The van der Waals surface area contributed by atoms with E-state index in [0.717, 1.165) is 134 Å². The van der Waals surface area contributed by atoms with Gasteiger partial charge in [-0.15, -0.1) is 0 Å². The molecule has 0 aromatic carbocycles. The van der Waals surface area contributed by atoms with Crippen LogP contribution >= 0.6 is 56.8 Å². The van der Waals surface area contributed by atoms with Crippen molar-refractivity contribution < 1.29 is 28.5 Å². The summed E-state index contributed by atoms with van der Waals surface area (Å²) in [5.41, 5.74) is 2.43. The molecule has 4 aromatic rings. The van der Waals surface area contributed by atoms with Crippen molar-refractivity contribution in [2.45, 2.75) is 143 Å². The third-order valence-electron chi connectivity index (χ3n) is 11.8. The topological polar surface area (TPSA) is 198 Å². The van der Waals surface area contributed by atoms with Crippen LogP contribution in [-0.2, 0) is 18.9 Å². The monoisotopic (exact) mass is 1150 g/mol. The van der Waals surface area contributed by atoms with Crippen LogP contribution in [0.4, 0.5) is 15.4 Å². The van der Waals surface area contributed by atoms with Crippen LogP contribution in [0.15, 0.2) is 12.4 Å². The van der Waals surface area contributed by atoms with Crippen LogP contribution in [0.25, 0.3) is 22.3 Å². The zero-order chi connectivity index (χ0) is 47.0. The lowest BCUT2D eigenvalue weighted by Crippen LogP contribution is -2.46. The molecule has 2 atom stereocenters. The maximum atomic E-state index is 12.0. The van der Waals surface area contributed by atoms with Gasteiger partial charge in [0.25, 0.3) is 0 Å². The number of carbonyl (C=O) groups is 2. The lowest BCUT2D eigenvalue weighted by atomic mass is 9.80. The Hall–Kier alpha value is -2.93. The fraction of sp³-hybridized carbons (Fsp3) is 0.727. The second-order valence-electron chi connectivity index (χ2n) is 19.9. The summed E-state index contributed by atoms with van der Waals surface area (Å²) in [6.45, 7) is 22.3. The summed E-state index contributed by atoms with van der Waals surface area (Å²) in [6, 6.07) is 0. The average Bonchev–Trinajstić information content (AvgIpc) is 3.77. The van der Waals surface area contributed by atoms with Gasteiger partial charge in [-0.25, -0.2) is 38.9 Å². The minimum Gasteiger partial charge on any atom is -0.444 e. The molecule has 0 bridgehead atoms. The first kappa shape index (κ1) is 51.5. The number of aromatic nitrogens is 8. The highest BCUT2D eigenvalue weighted by Crippen LogP contribution is 2.34. The number of amides is 2. The van der Waals surface area contributed by atoms with Crippen molar-refractivity contribution in [3.63, 3.8) is 0 Å². The molecule has 3 N–H and O–H groups in total. The highest BCUT2D eigenvalue weighted by molar-refractivity contribution is 14.1. The van der Waals surface area contributed by atoms with Gasteiger partial charge in [0.2, 0.25) is 0 Å². The predicted octanol–water partition coefficient (Wildman–Crippen LogP) is 8.95. The van der Waals surface area contributed by atoms with E-state index < -0.39 is 11.2 Å². The van der Waals surface area contributed by atoms with E-state index >= 15 is 0 Å². The Morgan fingerprint density at radius 3 is 1.68 bits per heavy atom. The van der Waals surface area contributed by atoms with E-state index in [-0.39, 0.29) is 35.5 Å². The van der Waals surface area contributed by atoms with Crippen molar-refractivity contribution in [2.75, 3.05) is 57.4 Å². The van der Waals surface area contributed by atoms with Gasteiger partial charge < -0.3 is 39.8 Å². The molecule has 2 unspecified atom stereocenters. The Bertz CT molecular complexity index is 2200. The van der Waals surface area contributed by atoms with Crippen LogP contribution in [-0.4, -0.2) is 115 Å². The molecule has 2 amide bonds. The second kappa shape index (κ2) is 22.5. The molecule has 4 aliphatic rings. The van der Waals surface area contributed by atoms with Gasteiger partial charge in [-0.2, -0.15) is 10.2 Å². The Balaban J connectivity index is 0.000000178. The Morgan fingerprint density at radius 2 is 1.22 bits per heavy atom. The number of nitrogens with one attached hydrogen (secondary N) is 3. The molecule has 65 heavy (non-hydrogen) atoms. The van der Waals surface area contributed by atoms with Crippen LogP contribution in [0.1, 0.15) is 132 Å². The number of anilines is 1. The van der Waals surface area contributed by atoms with Gasteiger partial charge in [-0.3, -0.25) is 0 Å². The molecule has 18 nitrogen and oxygen atoms in total. The lowest BCUT2D eigenvalue weighted by molar-refractivity contribution is -0.0373. The van der Waals surface area contributed by atoms with Gasteiger partial charge in [0.15, 0.2) is 31.2 Å². The minimum absolute atomic E-state index is 0.0258. The summed E-state index contributed by atoms with van der Waals surface area (Å²) >= 11 is 10.3. The molecule has 4 aromatic heterocycles. The van der Waals surface area contributed by atoms with Crippen LogP contribution in [0.2, 0.25) is 5.15 Å². The number of hydrogen-bond donors (Lipinski definition) is 3. The molecule has 0 saturated carbocycles. The Labute approximate surface area is 414 Å². The first-order valence-corrected chi connectivity index (χ1v) is 25.3. The average molecular weight is 1150 g/mol. The van der Waals surface area contributed by atoms with E-state index in [9.17, 15) is 9.59 Å². The van der Waals surface area contributed by atoms with Crippen molar-refractivity contribution in [3.8, 4) is 0 Å². The van der Waals surface area contributed by atoms with Crippen molar-refractivity contribution in [1.29, 1.82) is 0 Å². The van der Waals surface area contributed by atoms with Gasteiger partial charge in [-0.1, -0.05) is 25.4 Å². The highest BCUT2D eigenvalue weighted by atomic mass is 127. The number of alkyl carbamates (subject to hydrolysis) is 2. The summed E-state index contributed by atoms with van der Waals surface area (Å²) < 4.78 is 27.6.